The fourth-order valence-corrected chi connectivity index (χ4v) is 3.18. The number of ether oxygens (including phenoxy) is 4. The van der Waals surface area contributed by atoms with Crippen LogP contribution in [0.2, 0.25) is 0 Å². The first-order valence-corrected chi connectivity index (χ1v) is 7.81. The Hall–Kier alpha value is -1.14. The number of rotatable bonds is 5. The van der Waals surface area contributed by atoms with Gasteiger partial charge in [0.1, 0.15) is 11.9 Å². The lowest BCUT2D eigenvalue weighted by atomic mass is 9.89. The fourth-order valence-electron chi connectivity index (χ4n) is 3.18. The van der Waals surface area contributed by atoms with Crippen molar-refractivity contribution in [1.29, 1.82) is 0 Å². The maximum atomic E-state index is 9.17. The van der Waals surface area contributed by atoms with Crippen LogP contribution in [-0.2, 0) is 14.2 Å². The van der Waals surface area contributed by atoms with Crippen LogP contribution in [-0.4, -0.2) is 43.7 Å². The molecule has 2 saturated heterocycles. The SMILES string of the molecule is COc1ccc([C@@H]2OC[C@H](C)[C@H]([C@H](C)[C@H]3O[C@@H]3CO)O2)cc1. The summed E-state index contributed by atoms with van der Waals surface area (Å²) < 4.78 is 22.7. The minimum atomic E-state index is -0.360. The van der Waals surface area contributed by atoms with Gasteiger partial charge < -0.3 is 24.1 Å². The van der Waals surface area contributed by atoms with Crippen molar-refractivity contribution in [2.45, 2.75) is 38.4 Å². The van der Waals surface area contributed by atoms with E-state index in [4.69, 9.17) is 24.1 Å². The van der Waals surface area contributed by atoms with Gasteiger partial charge in [0.05, 0.1) is 32.5 Å². The summed E-state index contributed by atoms with van der Waals surface area (Å²) >= 11 is 0. The highest BCUT2D eigenvalue weighted by Gasteiger charge is 2.48. The summed E-state index contributed by atoms with van der Waals surface area (Å²) in [6.45, 7) is 4.98. The third-order valence-corrected chi connectivity index (χ3v) is 4.58. The average molecular weight is 308 g/mol. The van der Waals surface area contributed by atoms with Crippen molar-refractivity contribution >= 4 is 0 Å². The van der Waals surface area contributed by atoms with Gasteiger partial charge >= 0.3 is 0 Å². The molecular formula is C17H24O5. The van der Waals surface area contributed by atoms with Crippen LogP contribution in [0, 0.1) is 11.8 Å². The smallest absolute Gasteiger partial charge is 0.184 e. The van der Waals surface area contributed by atoms with Gasteiger partial charge in [-0.1, -0.05) is 26.0 Å². The number of hydrogen-bond donors (Lipinski definition) is 1. The van der Waals surface area contributed by atoms with Gasteiger partial charge in [-0.25, -0.2) is 0 Å². The Morgan fingerprint density at radius 3 is 2.55 bits per heavy atom. The number of aliphatic hydroxyl groups excluding tert-OH is 1. The molecule has 122 valence electrons. The van der Waals surface area contributed by atoms with Crippen LogP contribution in [0.4, 0.5) is 0 Å². The number of hydrogen-bond acceptors (Lipinski definition) is 5. The van der Waals surface area contributed by atoms with Crippen LogP contribution >= 0.6 is 0 Å². The molecule has 0 saturated carbocycles. The second kappa shape index (κ2) is 6.54. The minimum absolute atomic E-state index is 0.0342. The third-order valence-electron chi connectivity index (χ3n) is 4.58. The first kappa shape index (κ1) is 15.7. The van der Waals surface area contributed by atoms with Gasteiger partial charge in [-0.3, -0.25) is 0 Å². The molecule has 0 bridgehead atoms. The van der Waals surface area contributed by atoms with E-state index in [0.29, 0.717) is 12.5 Å². The Morgan fingerprint density at radius 2 is 1.95 bits per heavy atom. The molecule has 1 aromatic carbocycles. The van der Waals surface area contributed by atoms with Crippen LogP contribution in [0.1, 0.15) is 25.7 Å². The van der Waals surface area contributed by atoms with Crippen LogP contribution in [0.25, 0.3) is 0 Å². The Labute approximate surface area is 131 Å². The lowest BCUT2D eigenvalue weighted by Crippen LogP contribution is -2.41. The van der Waals surface area contributed by atoms with Crippen LogP contribution in [0.3, 0.4) is 0 Å². The van der Waals surface area contributed by atoms with Gasteiger partial charge in [0.2, 0.25) is 0 Å². The molecule has 5 heteroatoms. The predicted molar refractivity (Wildman–Crippen MR) is 80.6 cm³/mol. The van der Waals surface area contributed by atoms with Crippen molar-refractivity contribution in [2.75, 3.05) is 20.3 Å². The normalized spacial score (nSPS) is 35.9. The zero-order chi connectivity index (χ0) is 15.7. The largest absolute Gasteiger partial charge is 0.497 e. The standard InChI is InChI=1S/C17H24O5/c1-10-9-20-17(12-4-6-13(19-3)7-5-12)22-15(10)11(2)16-14(8-18)21-16/h4-7,10-11,14-18H,8-9H2,1-3H3/t10-,11-,14+,15+,16+,17+/m0/s1. The topological polar surface area (TPSA) is 60.5 Å². The number of benzene rings is 1. The Kier molecular flexibility index (Phi) is 4.68. The number of methoxy groups -OCH3 is 1. The van der Waals surface area contributed by atoms with Crippen LogP contribution in [0.5, 0.6) is 5.75 Å². The molecule has 2 fully saturated rings. The molecule has 1 N–H and O–H groups in total. The van der Waals surface area contributed by atoms with Crippen LogP contribution in [0.15, 0.2) is 24.3 Å². The molecule has 2 heterocycles. The molecular weight excluding hydrogens is 284 g/mol. The Balaban J connectivity index is 1.67. The molecule has 0 unspecified atom stereocenters. The summed E-state index contributed by atoms with van der Waals surface area (Å²) in [5.74, 6) is 1.35. The molecule has 5 nitrogen and oxygen atoms in total. The third kappa shape index (κ3) is 3.13. The van der Waals surface area contributed by atoms with Gasteiger partial charge in [-0.2, -0.15) is 0 Å². The van der Waals surface area contributed by atoms with Crippen molar-refractivity contribution in [3.05, 3.63) is 29.8 Å². The highest BCUT2D eigenvalue weighted by atomic mass is 16.7. The lowest BCUT2D eigenvalue weighted by Gasteiger charge is -2.38. The molecule has 0 amide bonds. The molecule has 0 spiro atoms. The van der Waals surface area contributed by atoms with E-state index in [2.05, 4.69) is 13.8 Å². The second-order valence-corrected chi connectivity index (χ2v) is 6.20. The van der Waals surface area contributed by atoms with Crippen molar-refractivity contribution < 1.29 is 24.1 Å². The fraction of sp³-hybridized carbons (Fsp3) is 0.647. The summed E-state index contributed by atoms with van der Waals surface area (Å²) in [7, 11) is 1.65. The van der Waals surface area contributed by atoms with Gasteiger partial charge in [0.15, 0.2) is 6.29 Å². The molecule has 2 aliphatic heterocycles. The lowest BCUT2D eigenvalue weighted by molar-refractivity contribution is -0.250. The molecule has 6 atom stereocenters. The monoisotopic (exact) mass is 308 g/mol. The second-order valence-electron chi connectivity index (χ2n) is 6.20. The maximum Gasteiger partial charge on any atom is 0.184 e. The molecule has 3 rings (SSSR count). The minimum Gasteiger partial charge on any atom is -0.497 e. The quantitative estimate of drug-likeness (QED) is 0.845. The van der Waals surface area contributed by atoms with Crippen molar-refractivity contribution in [3.63, 3.8) is 0 Å². The summed E-state index contributed by atoms with van der Waals surface area (Å²) in [6.07, 6.45) is -0.247. The van der Waals surface area contributed by atoms with Crippen LogP contribution < -0.4 is 4.74 Å². The number of epoxide rings is 1. The summed E-state index contributed by atoms with van der Waals surface area (Å²) in [5.41, 5.74) is 0.986. The van der Waals surface area contributed by atoms with Crippen molar-refractivity contribution in [1.82, 2.24) is 0 Å². The number of aliphatic hydroxyl groups is 1. The van der Waals surface area contributed by atoms with Gasteiger partial charge in [-0.05, 0) is 12.1 Å². The van der Waals surface area contributed by atoms with E-state index in [1.54, 1.807) is 7.11 Å². The first-order chi connectivity index (χ1) is 10.6. The van der Waals surface area contributed by atoms with Gasteiger partial charge in [0, 0.05) is 17.4 Å². The van der Waals surface area contributed by atoms with E-state index >= 15 is 0 Å². The predicted octanol–water partition coefficient (Wildman–Crippen LogP) is 2.14. The molecule has 2 aliphatic rings. The first-order valence-electron chi connectivity index (χ1n) is 7.81. The molecule has 0 aromatic heterocycles. The highest BCUT2D eigenvalue weighted by molar-refractivity contribution is 5.28. The zero-order valence-electron chi connectivity index (χ0n) is 13.3. The van der Waals surface area contributed by atoms with E-state index in [9.17, 15) is 0 Å². The summed E-state index contributed by atoms with van der Waals surface area (Å²) in [6, 6.07) is 7.74. The van der Waals surface area contributed by atoms with Gasteiger partial charge in [0.25, 0.3) is 0 Å². The molecule has 0 aliphatic carbocycles. The van der Waals surface area contributed by atoms with E-state index in [-0.39, 0.29) is 37.1 Å². The van der Waals surface area contributed by atoms with E-state index in [1.165, 1.54) is 0 Å². The van der Waals surface area contributed by atoms with Crippen molar-refractivity contribution in [3.8, 4) is 5.75 Å². The summed E-state index contributed by atoms with van der Waals surface area (Å²) in [4.78, 5) is 0. The molecule has 1 aromatic rings. The molecule has 0 radical (unpaired) electrons. The maximum absolute atomic E-state index is 9.17. The Bertz CT molecular complexity index is 488. The van der Waals surface area contributed by atoms with E-state index < -0.39 is 0 Å². The Morgan fingerprint density at radius 1 is 1.23 bits per heavy atom. The van der Waals surface area contributed by atoms with Crippen molar-refractivity contribution in [2.24, 2.45) is 11.8 Å². The average Bonchev–Trinajstić information content (AvgIpc) is 3.34. The summed E-state index contributed by atoms with van der Waals surface area (Å²) in [5, 5.41) is 9.17. The van der Waals surface area contributed by atoms with Gasteiger partial charge in [-0.15, -0.1) is 0 Å². The molecule has 22 heavy (non-hydrogen) atoms. The van der Waals surface area contributed by atoms with E-state index in [0.717, 1.165) is 11.3 Å². The highest BCUT2D eigenvalue weighted by Crippen LogP contribution is 2.39. The van der Waals surface area contributed by atoms with E-state index in [1.807, 2.05) is 24.3 Å². The zero-order valence-corrected chi connectivity index (χ0v) is 13.3.